The number of hydrogen-bond donors (Lipinski definition) is 3. The van der Waals surface area contributed by atoms with Crippen molar-refractivity contribution in [2.45, 2.75) is 38.6 Å². The van der Waals surface area contributed by atoms with Gasteiger partial charge in [0.1, 0.15) is 4.88 Å². The Hall–Kier alpha value is -1.49. The third-order valence-electron chi connectivity index (χ3n) is 3.74. The first-order valence-corrected chi connectivity index (χ1v) is 7.96. The van der Waals surface area contributed by atoms with Gasteiger partial charge in [-0.05, 0) is 37.7 Å². The third-order valence-corrected chi connectivity index (χ3v) is 4.82. The summed E-state index contributed by atoms with van der Waals surface area (Å²) in [5.41, 5.74) is 6.47. The van der Waals surface area contributed by atoms with Crippen LogP contribution in [0.25, 0.3) is 0 Å². The monoisotopic (exact) mass is 293 g/mol. The molecule has 4 N–H and O–H groups in total. The van der Waals surface area contributed by atoms with Crippen LogP contribution in [0.3, 0.4) is 0 Å². The molecule has 110 valence electrons. The maximum atomic E-state index is 11.9. The summed E-state index contributed by atoms with van der Waals surface area (Å²) in [6.07, 6.45) is 6.58. The van der Waals surface area contributed by atoms with Crippen LogP contribution < -0.4 is 16.4 Å². The number of carbonyl (C=O) groups is 1. The molecule has 0 spiro atoms. The average molecular weight is 293 g/mol. The van der Waals surface area contributed by atoms with Gasteiger partial charge in [0, 0.05) is 12.6 Å². The van der Waals surface area contributed by atoms with E-state index >= 15 is 0 Å². The number of nitrogens with one attached hydrogen (secondary N) is 2. The summed E-state index contributed by atoms with van der Waals surface area (Å²) >= 11 is 1.43. The molecule has 0 bridgehead atoms. The van der Waals surface area contributed by atoms with Crippen molar-refractivity contribution < 1.29 is 4.79 Å². The fourth-order valence-corrected chi connectivity index (χ4v) is 3.48. The molecular weight excluding hydrogens is 270 g/mol. The number of carbonyl (C=O) groups excluding carboxylic acids is 1. The van der Waals surface area contributed by atoms with Crippen molar-refractivity contribution >= 4 is 27.9 Å². The Morgan fingerprint density at radius 1 is 1.50 bits per heavy atom. The predicted octanol–water partition coefficient (Wildman–Crippen LogP) is 3.24. The van der Waals surface area contributed by atoms with E-state index in [2.05, 4.69) is 24.1 Å². The van der Waals surface area contributed by atoms with Gasteiger partial charge in [-0.1, -0.05) is 13.0 Å². The molecule has 1 heterocycles. The van der Waals surface area contributed by atoms with E-state index in [0.717, 1.165) is 10.9 Å². The van der Waals surface area contributed by atoms with Crippen molar-refractivity contribution in [2.24, 2.45) is 5.92 Å². The highest BCUT2D eigenvalue weighted by atomic mass is 32.1. The van der Waals surface area contributed by atoms with Gasteiger partial charge in [0.25, 0.3) is 5.91 Å². The van der Waals surface area contributed by atoms with Gasteiger partial charge in [0.05, 0.1) is 10.7 Å². The molecule has 5 heteroatoms. The third kappa shape index (κ3) is 3.76. The second kappa shape index (κ2) is 6.79. The van der Waals surface area contributed by atoms with E-state index in [-0.39, 0.29) is 5.91 Å². The summed E-state index contributed by atoms with van der Waals surface area (Å²) < 4.78 is 0. The Labute approximate surface area is 124 Å². The predicted molar refractivity (Wildman–Crippen MR) is 86.3 cm³/mol. The first-order chi connectivity index (χ1) is 9.60. The zero-order valence-electron chi connectivity index (χ0n) is 11.9. The van der Waals surface area contributed by atoms with Crippen LogP contribution in [0.5, 0.6) is 0 Å². The molecule has 1 amide bonds. The average Bonchev–Trinajstić information content (AvgIpc) is 2.79. The number of nitrogen functional groups attached to an aromatic ring is 1. The fourth-order valence-electron chi connectivity index (χ4n) is 2.50. The van der Waals surface area contributed by atoms with E-state index in [1.165, 1.54) is 37.0 Å². The Balaban J connectivity index is 1.96. The molecule has 0 radical (unpaired) electrons. The molecule has 1 fully saturated rings. The molecule has 1 saturated carbocycles. The molecule has 20 heavy (non-hydrogen) atoms. The molecule has 1 aliphatic rings. The van der Waals surface area contributed by atoms with Crippen LogP contribution in [-0.4, -0.2) is 18.5 Å². The van der Waals surface area contributed by atoms with Gasteiger partial charge < -0.3 is 16.4 Å². The van der Waals surface area contributed by atoms with Crippen LogP contribution in [-0.2, 0) is 0 Å². The summed E-state index contributed by atoms with van der Waals surface area (Å²) in [6, 6.07) is 2.37. The molecule has 1 aliphatic carbocycles. The van der Waals surface area contributed by atoms with Crippen LogP contribution in [0.2, 0.25) is 0 Å². The normalized spacial score (nSPS) is 22.2. The highest BCUT2D eigenvalue weighted by molar-refractivity contribution is 7.18. The van der Waals surface area contributed by atoms with Crippen LogP contribution in [0.15, 0.2) is 18.7 Å². The zero-order chi connectivity index (χ0) is 14.5. The van der Waals surface area contributed by atoms with Gasteiger partial charge in [-0.3, -0.25) is 4.79 Å². The van der Waals surface area contributed by atoms with E-state index in [1.807, 2.05) is 6.07 Å². The topological polar surface area (TPSA) is 67.2 Å². The quantitative estimate of drug-likeness (QED) is 0.730. The molecule has 0 atom stereocenters. The van der Waals surface area contributed by atoms with E-state index in [0.29, 0.717) is 23.2 Å². The fraction of sp³-hybridized carbons (Fsp3) is 0.533. The second-order valence-corrected chi connectivity index (χ2v) is 6.55. The van der Waals surface area contributed by atoms with Crippen molar-refractivity contribution in [3.05, 3.63) is 23.6 Å². The van der Waals surface area contributed by atoms with Crippen molar-refractivity contribution in [1.82, 2.24) is 5.32 Å². The smallest absolute Gasteiger partial charge is 0.263 e. The minimum Gasteiger partial charge on any atom is -0.397 e. The lowest BCUT2D eigenvalue weighted by Gasteiger charge is -2.27. The van der Waals surface area contributed by atoms with Gasteiger partial charge in [-0.15, -0.1) is 17.9 Å². The van der Waals surface area contributed by atoms with E-state index in [9.17, 15) is 4.79 Å². The van der Waals surface area contributed by atoms with Crippen LogP contribution in [0, 0.1) is 5.92 Å². The number of amides is 1. The van der Waals surface area contributed by atoms with Gasteiger partial charge in [0.2, 0.25) is 0 Å². The lowest BCUT2D eigenvalue weighted by atomic mass is 9.87. The maximum absolute atomic E-state index is 11.9. The van der Waals surface area contributed by atoms with Crippen molar-refractivity contribution in [1.29, 1.82) is 0 Å². The summed E-state index contributed by atoms with van der Waals surface area (Å²) in [4.78, 5) is 12.5. The van der Waals surface area contributed by atoms with E-state index < -0.39 is 0 Å². The first-order valence-electron chi connectivity index (χ1n) is 7.15. The molecule has 0 aliphatic heterocycles. The molecule has 0 unspecified atom stereocenters. The van der Waals surface area contributed by atoms with Crippen LogP contribution in [0.1, 0.15) is 42.3 Å². The number of rotatable bonds is 5. The summed E-state index contributed by atoms with van der Waals surface area (Å²) in [5.74, 6) is 0.708. The Kier molecular flexibility index (Phi) is 5.06. The highest BCUT2D eigenvalue weighted by Crippen LogP contribution is 2.32. The molecule has 1 aromatic heterocycles. The lowest BCUT2D eigenvalue weighted by molar-refractivity contribution is 0.0963. The highest BCUT2D eigenvalue weighted by Gasteiger charge is 2.20. The van der Waals surface area contributed by atoms with Crippen molar-refractivity contribution in [3.63, 3.8) is 0 Å². The Morgan fingerprint density at radius 3 is 2.85 bits per heavy atom. The zero-order valence-corrected chi connectivity index (χ0v) is 12.8. The molecule has 0 aromatic carbocycles. The van der Waals surface area contributed by atoms with Gasteiger partial charge >= 0.3 is 0 Å². The van der Waals surface area contributed by atoms with Crippen LogP contribution in [0.4, 0.5) is 10.7 Å². The molecule has 2 rings (SSSR count). The molecule has 4 nitrogen and oxygen atoms in total. The van der Waals surface area contributed by atoms with Crippen molar-refractivity contribution in [3.8, 4) is 0 Å². The lowest BCUT2D eigenvalue weighted by Crippen LogP contribution is -2.24. The maximum Gasteiger partial charge on any atom is 0.263 e. The number of hydrogen-bond acceptors (Lipinski definition) is 4. The minimum absolute atomic E-state index is 0.127. The SMILES string of the molecule is C=CCNC(=O)c1sc(NC2CCC(C)CC2)cc1N. The van der Waals surface area contributed by atoms with Gasteiger partial charge in [0.15, 0.2) is 0 Å². The van der Waals surface area contributed by atoms with Crippen molar-refractivity contribution in [2.75, 3.05) is 17.6 Å². The Bertz CT molecular complexity index is 475. The Morgan fingerprint density at radius 2 is 2.20 bits per heavy atom. The van der Waals surface area contributed by atoms with Gasteiger partial charge in [-0.2, -0.15) is 0 Å². The van der Waals surface area contributed by atoms with Gasteiger partial charge in [-0.25, -0.2) is 0 Å². The standard InChI is InChI=1S/C15H23N3OS/c1-3-8-17-15(19)14-12(16)9-13(20-14)18-11-6-4-10(2)5-7-11/h3,9-11,18H,1,4-8,16H2,2H3,(H,17,19). The van der Waals surface area contributed by atoms with E-state index in [1.54, 1.807) is 6.08 Å². The largest absolute Gasteiger partial charge is 0.397 e. The number of nitrogens with two attached hydrogens (primary N) is 1. The molecule has 1 aromatic rings. The molecule has 0 saturated heterocycles. The summed E-state index contributed by atoms with van der Waals surface area (Å²) in [7, 11) is 0. The summed E-state index contributed by atoms with van der Waals surface area (Å²) in [5, 5.41) is 7.26. The second-order valence-electron chi connectivity index (χ2n) is 5.49. The molecular formula is C15H23N3OS. The van der Waals surface area contributed by atoms with E-state index in [4.69, 9.17) is 5.73 Å². The summed E-state index contributed by atoms with van der Waals surface area (Å²) in [6.45, 7) is 6.35. The number of anilines is 2. The number of thiophene rings is 1. The first kappa shape index (κ1) is 14.9. The van der Waals surface area contributed by atoms with Crippen LogP contribution >= 0.6 is 11.3 Å². The minimum atomic E-state index is -0.127.